The number of aromatic nitrogens is 1. The zero-order valence-electron chi connectivity index (χ0n) is 17.7. The number of carbonyl (C=O) groups excluding carboxylic acids is 2. The van der Waals surface area contributed by atoms with Crippen LogP contribution in [0.2, 0.25) is 10.0 Å². The molecule has 2 amide bonds. The van der Waals surface area contributed by atoms with E-state index in [2.05, 4.69) is 10.6 Å². The number of halogens is 2. The van der Waals surface area contributed by atoms with Crippen LogP contribution in [0.1, 0.15) is 23.9 Å². The summed E-state index contributed by atoms with van der Waals surface area (Å²) in [6.07, 6.45) is 1.55. The maximum atomic E-state index is 12.6. The number of hydrogen-bond acceptors (Lipinski definition) is 3. The Labute approximate surface area is 196 Å². The third-order valence-electron chi connectivity index (χ3n) is 4.76. The highest BCUT2D eigenvalue weighted by Crippen LogP contribution is 2.27. The van der Waals surface area contributed by atoms with Crippen molar-refractivity contribution in [2.75, 3.05) is 10.6 Å². The standard InChI is InChI=1S/C24H20Cl2N4O2/c1-14-10-17(15(2)30(14)21-7-5-20(6-8-21)28-16(3)31)11-18(13-27)24(32)29-23-9-4-19(25)12-22(23)26/h4-12H,1-3H3,(H,28,31)(H,29,32). The molecule has 2 N–H and O–H groups in total. The number of rotatable bonds is 5. The van der Waals surface area contributed by atoms with E-state index in [4.69, 9.17) is 23.2 Å². The molecule has 0 atom stereocenters. The van der Waals surface area contributed by atoms with E-state index in [-0.39, 0.29) is 16.5 Å². The quantitative estimate of drug-likeness (QED) is 0.362. The second kappa shape index (κ2) is 9.73. The van der Waals surface area contributed by atoms with Crippen LogP contribution in [0.4, 0.5) is 11.4 Å². The molecule has 0 unspecified atom stereocenters. The van der Waals surface area contributed by atoms with Gasteiger partial charge in [-0.3, -0.25) is 9.59 Å². The van der Waals surface area contributed by atoms with Crippen LogP contribution in [-0.4, -0.2) is 16.4 Å². The van der Waals surface area contributed by atoms with Gasteiger partial charge in [0.15, 0.2) is 0 Å². The van der Waals surface area contributed by atoms with Gasteiger partial charge in [0.05, 0.1) is 10.7 Å². The van der Waals surface area contributed by atoms with Crippen LogP contribution in [0, 0.1) is 25.2 Å². The van der Waals surface area contributed by atoms with E-state index in [1.165, 1.54) is 13.0 Å². The maximum Gasteiger partial charge on any atom is 0.266 e. The summed E-state index contributed by atoms with van der Waals surface area (Å²) < 4.78 is 2.01. The SMILES string of the molecule is CC(=O)Nc1ccc(-n2c(C)cc(C=C(C#N)C(=O)Nc3ccc(Cl)cc3Cl)c2C)cc1. The van der Waals surface area contributed by atoms with E-state index in [1.807, 2.05) is 54.8 Å². The second-order valence-corrected chi connectivity index (χ2v) is 7.98. The van der Waals surface area contributed by atoms with Crippen molar-refractivity contribution in [3.05, 3.63) is 81.1 Å². The molecule has 0 aliphatic heterocycles. The first kappa shape index (κ1) is 23.1. The molecular weight excluding hydrogens is 447 g/mol. The summed E-state index contributed by atoms with van der Waals surface area (Å²) in [5.41, 5.74) is 4.43. The van der Waals surface area contributed by atoms with Gasteiger partial charge in [0.2, 0.25) is 5.91 Å². The van der Waals surface area contributed by atoms with Gasteiger partial charge in [-0.05, 0) is 74.0 Å². The van der Waals surface area contributed by atoms with Gasteiger partial charge in [-0.2, -0.15) is 5.26 Å². The van der Waals surface area contributed by atoms with E-state index in [0.717, 1.165) is 22.6 Å². The highest BCUT2D eigenvalue weighted by Gasteiger charge is 2.15. The fourth-order valence-electron chi connectivity index (χ4n) is 3.31. The smallest absolute Gasteiger partial charge is 0.266 e. The molecule has 0 fully saturated rings. The van der Waals surface area contributed by atoms with E-state index in [9.17, 15) is 14.9 Å². The summed E-state index contributed by atoms with van der Waals surface area (Å²) in [6.45, 7) is 5.30. The summed E-state index contributed by atoms with van der Waals surface area (Å²) in [4.78, 5) is 23.9. The third-order valence-corrected chi connectivity index (χ3v) is 5.31. The molecular formula is C24H20Cl2N4O2. The summed E-state index contributed by atoms with van der Waals surface area (Å²) in [6, 6.07) is 15.9. The molecule has 0 radical (unpaired) electrons. The molecule has 0 aliphatic carbocycles. The number of aryl methyl sites for hydroxylation is 1. The lowest BCUT2D eigenvalue weighted by Crippen LogP contribution is -2.13. The van der Waals surface area contributed by atoms with E-state index < -0.39 is 5.91 Å². The molecule has 6 nitrogen and oxygen atoms in total. The Morgan fingerprint density at radius 3 is 2.31 bits per heavy atom. The minimum absolute atomic E-state index is 0.0581. The number of benzene rings is 2. The summed E-state index contributed by atoms with van der Waals surface area (Å²) in [5.74, 6) is -0.707. The zero-order chi connectivity index (χ0) is 23.4. The van der Waals surface area contributed by atoms with Crippen LogP contribution in [0.25, 0.3) is 11.8 Å². The second-order valence-electron chi connectivity index (χ2n) is 7.14. The average Bonchev–Trinajstić information content (AvgIpc) is 3.01. The molecule has 162 valence electrons. The predicted octanol–water partition coefficient (Wildman–Crippen LogP) is 5.91. The predicted molar refractivity (Wildman–Crippen MR) is 128 cm³/mol. The molecule has 0 aliphatic rings. The number of hydrogen-bond donors (Lipinski definition) is 2. The molecule has 2 aromatic carbocycles. The molecule has 0 saturated carbocycles. The Hall–Kier alpha value is -3.53. The molecule has 1 heterocycles. The van der Waals surface area contributed by atoms with Gasteiger partial charge in [-0.1, -0.05) is 23.2 Å². The normalized spacial score (nSPS) is 11.1. The van der Waals surface area contributed by atoms with Gasteiger partial charge in [-0.25, -0.2) is 0 Å². The Morgan fingerprint density at radius 1 is 1.03 bits per heavy atom. The van der Waals surface area contributed by atoms with Crippen LogP contribution in [0.15, 0.2) is 54.1 Å². The van der Waals surface area contributed by atoms with Gasteiger partial charge in [0.1, 0.15) is 11.6 Å². The van der Waals surface area contributed by atoms with Crippen molar-refractivity contribution >= 4 is 52.5 Å². The van der Waals surface area contributed by atoms with Crippen molar-refractivity contribution < 1.29 is 9.59 Å². The number of nitriles is 1. The zero-order valence-corrected chi connectivity index (χ0v) is 19.2. The van der Waals surface area contributed by atoms with Crippen molar-refractivity contribution in [1.29, 1.82) is 5.26 Å². The van der Waals surface area contributed by atoms with Gasteiger partial charge >= 0.3 is 0 Å². The molecule has 1 aromatic heterocycles. The largest absolute Gasteiger partial charge is 0.326 e. The summed E-state index contributed by atoms with van der Waals surface area (Å²) in [7, 11) is 0. The Kier molecular flexibility index (Phi) is 7.04. The van der Waals surface area contributed by atoms with Crippen molar-refractivity contribution in [1.82, 2.24) is 4.57 Å². The van der Waals surface area contributed by atoms with Crippen LogP contribution in [0.3, 0.4) is 0 Å². The lowest BCUT2D eigenvalue weighted by Gasteiger charge is -2.11. The summed E-state index contributed by atoms with van der Waals surface area (Å²) in [5, 5.41) is 15.7. The van der Waals surface area contributed by atoms with Crippen LogP contribution in [-0.2, 0) is 9.59 Å². The van der Waals surface area contributed by atoms with Crippen molar-refractivity contribution in [3.8, 4) is 11.8 Å². The van der Waals surface area contributed by atoms with E-state index >= 15 is 0 Å². The maximum absolute atomic E-state index is 12.6. The number of amides is 2. The number of nitrogens with zero attached hydrogens (tertiary/aromatic N) is 2. The molecule has 0 bridgehead atoms. The first-order valence-electron chi connectivity index (χ1n) is 9.64. The third kappa shape index (κ3) is 5.20. The van der Waals surface area contributed by atoms with Crippen molar-refractivity contribution in [3.63, 3.8) is 0 Å². The molecule has 32 heavy (non-hydrogen) atoms. The Morgan fingerprint density at radius 2 is 1.72 bits per heavy atom. The minimum atomic E-state index is -0.568. The highest BCUT2D eigenvalue weighted by molar-refractivity contribution is 6.36. The van der Waals surface area contributed by atoms with Crippen LogP contribution in [0.5, 0.6) is 0 Å². The van der Waals surface area contributed by atoms with Crippen molar-refractivity contribution in [2.24, 2.45) is 0 Å². The monoisotopic (exact) mass is 466 g/mol. The molecule has 3 rings (SSSR count). The van der Waals surface area contributed by atoms with Gasteiger partial charge < -0.3 is 15.2 Å². The number of nitrogens with one attached hydrogen (secondary N) is 2. The fraction of sp³-hybridized carbons (Fsp3) is 0.125. The lowest BCUT2D eigenvalue weighted by molar-refractivity contribution is -0.114. The lowest BCUT2D eigenvalue weighted by atomic mass is 10.1. The molecule has 0 spiro atoms. The Balaban J connectivity index is 1.89. The van der Waals surface area contributed by atoms with Gasteiger partial charge in [-0.15, -0.1) is 0 Å². The number of anilines is 2. The fourth-order valence-corrected chi connectivity index (χ4v) is 3.77. The van der Waals surface area contributed by atoms with Gasteiger partial charge in [0.25, 0.3) is 5.91 Å². The average molecular weight is 467 g/mol. The molecule has 8 heteroatoms. The summed E-state index contributed by atoms with van der Waals surface area (Å²) >= 11 is 12.0. The van der Waals surface area contributed by atoms with Crippen LogP contribution >= 0.6 is 23.2 Å². The first-order valence-corrected chi connectivity index (χ1v) is 10.4. The first-order chi connectivity index (χ1) is 15.2. The number of carbonyl (C=O) groups is 2. The van der Waals surface area contributed by atoms with E-state index in [0.29, 0.717) is 16.4 Å². The topological polar surface area (TPSA) is 86.9 Å². The molecule has 3 aromatic rings. The highest BCUT2D eigenvalue weighted by atomic mass is 35.5. The van der Waals surface area contributed by atoms with E-state index in [1.54, 1.807) is 18.2 Å². The Bertz CT molecular complexity index is 1270. The van der Waals surface area contributed by atoms with Crippen LogP contribution < -0.4 is 10.6 Å². The van der Waals surface area contributed by atoms with Crippen molar-refractivity contribution in [2.45, 2.75) is 20.8 Å². The molecule has 0 saturated heterocycles. The van der Waals surface area contributed by atoms with Gasteiger partial charge in [0, 0.05) is 34.7 Å². The minimum Gasteiger partial charge on any atom is -0.326 e.